The van der Waals surface area contributed by atoms with Crippen LogP contribution in [0.4, 0.5) is 4.79 Å². The van der Waals surface area contributed by atoms with Gasteiger partial charge >= 0.3 is 6.09 Å². The largest absolute Gasteiger partial charge is 0.443 e. The quantitative estimate of drug-likeness (QED) is 0.581. The second-order valence-electron chi connectivity index (χ2n) is 4.29. The van der Waals surface area contributed by atoms with Gasteiger partial charge in [0.05, 0.1) is 10.6 Å². The highest BCUT2D eigenvalue weighted by atomic mass is 16.6. The maximum atomic E-state index is 11.6. The first kappa shape index (κ1) is 12.9. The molecular formula is C10H13N3O4. The molecule has 0 N–H and O–H groups in total. The fourth-order valence-corrected chi connectivity index (χ4v) is 0.976. The monoisotopic (exact) mass is 239 g/mol. The molecule has 0 radical (unpaired) electrons. The summed E-state index contributed by atoms with van der Waals surface area (Å²) in [5, 5.41) is 10.1. The average Bonchev–Trinajstić information content (AvgIpc) is 2.60. The predicted molar refractivity (Wildman–Crippen MR) is 59.9 cm³/mol. The van der Waals surface area contributed by atoms with Gasteiger partial charge in [-0.1, -0.05) is 0 Å². The van der Waals surface area contributed by atoms with Crippen LogP contribution in [0.1, 0.15) is 26.5 Å². The second-order valence-corrected chi connectivity index (χ2v) is 4.29. The third-order valence-electron chi connectivity index (χ3n) is 1.57. The molecule has 0 aliphatic heterocycles. The number of nitro groups is 1. The molecule has 0 fully saturated rings. The van der Waals surface area contributed by atoms with Gasteiger partial charge in [-0.15, -0.1) is 0 Å². The number of rotatable bonds is 2. The summed E-state index contributed by atoms with van der Waals surface area (Å²) in [6.45, 7) is 5.24. The molecule has 1 rings (SSSR count). The topological polar surface area (TPSA) is 87.3 Å². The van der Waals surface area contributed by atoms with E-state index in [4.69, 9.17) is 4.74 Å². The normalized spacial score (nSPS) is 11.7. The van der Waals surface area contributed by atoms with Gasteiger partial charge in [0.15, 0.2) is 0 Å². The van der Waals surface area contributed by atoms with E-state index in [-0.39, 0.29) is 0 Å². The standard InChI is InChI=1S/C10H13N3O4/c1-10(2,3)17-9(14)12-6-8(11-7-12)4-5-13(15)16/h4-7H,1-3H3/b5-4+. The molecule has 1 aromatic rings. The number of hydrogen-bond donors (Lipinski definition) is 0. The van der Waals surface area contributed by atoms with Gasteiger partial charge in [-0.05, 0) is 20.8 Å². The molecule has 0 saturated heterocycles. The van der Waals surface area contributed by atoms with Crippen molar-refractivity contribution >= 4 is 12.2 Å². The third-order valence-corrected chi connectivity index (χ3v) is 1.57. The van der Waals surface area contributed by atoms with Crippen molar-refractivity contribution in [2.45, 2.75) is 26.4 Å². The summed E-state index contributed by atoms with van der Waals surface area (Å²) >= 11 is 0. The minimum absolute atomic E-state index is 0.313. The van der Waals surface area contributed by atoms with Crippen LogP contribution in [0, 0.1) is 10.1 Å². The Hall–Kier alpha value is -2.18. The van der Waals surface area contributed by atoms with Crippen LogP contribution in [-0.2, 0) is 4.74 Å². The summed E-state index contributed by atoms with van der Waals surface area (Å²) in [4.78, 5) is 24.9. The summed E-state index contributed by atoms with van der Waals surface area (Å²) in [5.74, 6) is 0. The van der Waals surface area contributed by atoms with Crippen LogP contribution in [0.3, 0.4) is 0 Å². The molecule has 0 saturated carbocycles. The molecule has 0 atom stereocenters. The van der Waals surface area contributed by atoms with Crippen molar-refractivity contribution in [1.82, 2.24) is 9.55 Å². The van der Waals surface area contributed by atoms with E-state index in [1.807, 2.05) is 0 Å². The van der Waals surface area contributed by atoms with Gasteiger partial charge in [-0.2, -0.15) is 0 Å². The lowest BCUT2D eigenvalue weighted by Crippen LogP contribution is -2.26. The minimum Gasteiger partial charge on any atom is -0.443 e. The Morgan fingerprint density at radius 1 is 1.59 bits per heavy atom. The van der Waals surface area contributed by atoms with Gasteiger partial charge in [0.25, 0.3) is 0 Å². The third kappa shape index (κ3) is 4.45. The number of nitrogens with zero attached hydrogens (tertiary/aromatic N) is 3. The molecule has 0 spiro atoms. The first-order valence-corrected chi connectivity index (χ1v) is 4.87. The molecule has 7 nitrogen and oxygen atoms in total. The fourth-order valence-electron chi connectivity index (χ4n) is 0.976. The van der Waals surface area contributed by atoms with E-state index in [1.165, 1.54) is 18.6 Å². The molecule has 92 valence electrons. The molecule has 0 aliphatic carbocycles. The number of imidazole rings is 1. The van der Waals surface area contributed by atoms with Gasteiger partial charge in [0.2, 0.25) is 6.20 Å². The maximum absolute atomic E-state index is 11.6. The molecule has 0 unspecified atom stereocenters. The van der Waals surface area contributed by atoms with Crippen LogP contribution in [0.2, 0.25) is 0 Å². The summed E-state index contributed by atoms with van der Waals surface area (Å²) in [7, 11) is 0. The lowest BCUT2D eigenvalue weighted by molar-refractivity contribution is -0.401. The first-order chi connectivity index (χ1) is 7.78. The molecule has 0 aromatic carbocycles. The molecule has 0 bridgehead atoms. The molecule has 1 heterocycles. The smallest absolute Gasteiger partial charge is 0.419 e. The molecule has 1 aromatic heterocycles. The zero-order valence-corrected chi connectivity index (χ0v) is 9.78. The van der Waals surface area contributed by atoms with Gasteiger partial charge in [-0.3, -0.25) is 10.1 Å². The number of ether oxygens (including phenoxy) is 1. The van der Waals surface area contributed by atoms with Crippen molar-refractivity contribution < 1.29 is 14.5 Å². The number of carbonyl (C=O) groups excluding carboxylic acids is 1. The van der Waals surface area contributed by atoms with E-state index in [0.29, 0.717) is 5.69 Å². The van der Waals surface area contributed by atoms with Crippen molar-refractivity contribution in [1.29, 1.82) is 0 Å². The SMILES string of the molecule is CC(C)(C)OC(=O)n1cnc(/C=C/[N+](=O)[O-])c1. The number of aromatic nitrogens is 2. The zero-order valence-electron chi connectivity index (χ0n) is 9.78. The van der Waals surface area contributed by atoms with E-state index in [0.717, 1.165) is 10.8 Å². The highest BCUT2D eigenvalue weighted by molar-refractivity contribution is 5.71. The summed E-state index contributed by atoms with van der Waals surface area (Å²) in [6, 6.07) is 0. The van der Waals surface area contributed by atoms with Crippen molar-refractivity contribution in [3.8, 4) is 0 Å². The van der Waals surface area contributed by atoms with Crippen molar-refractivity contribution in [2.24, 2.45) is 0 Å². The predicted octanol–water partition coefficient (Wildman–Crippen LogP) is 1.91. The Bertz CT molecular complexity index is 456. The van der Waals surface area contributed by atoms with Crippen LogP contribution in [0.5, 0.6) is 0 Å². The van der Waals surface area contributed by atoms with Gasteiger partial charge in [-0.25, -0.2) is 14.3 Å². The van der Waals surface area contributed by atoms with Crippen LogP contribution >= 0.6 is 0 Å². The lowest BCUT2D eigenvalue weighted by atomic mass is 10.2. The molecule has 17 heavy (non-hydrogen) atoms. The highest BCUT2D eigenvalue weighted by Gasteiger charge is 2.17. The maximum Gasteiger partial charge on any atom is 0.419 e. The van der Waals surface area contributed by atoms with Crippen LogP contribution in [-0.4, -0.2) is 26.2 Å². The van der Waals surface area contributed by atoms with Crippen LogP contribution in [0.15, 0.2) is 18.7 Å². The Morgan fingerprint density at radius 2 is 2.24 bits per heavy atom. The van der Waals surface area contributed by atoms with Gasteiger partial charge in [0, 0.05) is 12.3 Å². The van der Waals surface area contributed by atoms with Crippen LogP contribution in [0.25, 0.3) is 6.08 Å². The fraction of sp³-hybridized carbons (Fsp3) is 0.400. The van der Waals surface area contributed by atoms with E-state index in [1.54, 1.807) is 20.8 Å². The summed E-state index contributed by atoms with van der Waals surface area (Å²) in [6.07, 6.45) is 3.97. The molecule has 0 aliphatic rings. The minimum atomic E-state index is -0.605. The number of carbonyl (C=O) groups is 1. The number of hydrogen-bond acceptors (Lipinski definition) is 5. The lowest BCUT2D eigenvalue weighted by Gasteiger charge is -2.18. The Kier molecular flexibility index (Phi) is 3.62. The van der Waals surface area contributed by atoms with E-state index in [9.17, 15) is 14.9 Å². The molecule has 7 heteroatoms. The Morgan fingerprint density at radius 3 is 2.76 bits per heavy atom. The molecule has 0 amide bonds. The Labute approximate surface area is 97.9 Å². The van der Waals surface area contributed by atoms with E-state index < -0.39 is 16.6 Å². The second kappa shape index (κ2) is 4.77. The van der Waals surface area contributed by atoms with E-state index >= 15 is 0 Å². The molecular weight excluding hydrogens is 226 g/mol. The van der Waals surface area contributed by atoms with Crippen molar-refractivity contribution in [2.75, 3.05) is 0 Å². The first-order valence-electron chi connectivity index (χ1n) is 4.87. The van der Waals surface area contributed by atoms with Gasteiger partial charge in [0.1, 0.15) is 11.9 Å². The van der Waals surface area contributed by atoms with Crippen molar-refractivity contribution in [3.05, 3.63) is 34.5 Å². The summed E-state index contributed by atoms with van der Waals surface area (Å²) in [5.41, 5.74) is -0.286. The average molecular weight is 239 g/mol. The van der Waals surface area contributed by atoms with Crippen LogP contribution < -0.4 is 0 Å². The highest BCUT2D eigenvalue weighted by Crippen LogP contribution is 2.09. The van der Waals surface area contributed by atoms with Crippen molar-refractivity contribution in [3.63, 3.8) is 0 Å². The zero-order chi connectivity index (χ0) is 13.1. The van der Waals surface area contributed by atoms with E-state index in [2.05, 4.69) is 4.98 Å². The Balaban J connectivity index is 2.74. The van der Waals surface area contributed by atoms with Gasteiger partial charge < -0.3 is 4.74 Å². The summed E-state index contributed by atoms with van der Waals surface area (Å²) < 4.78 is 6.22.